The smallest absolute Gasteiger partial charge is 0.269 e. The van der Waals surface area contributed by atoms with Crippen molar-refractivity contribution in [3.8, 4) is 0 Å². The summed E-state index contributed by atoms with van der Waals surface area (Å²) in [4.78, 5) is 12.4. The monoisotopic (exact) mass is 353 g/mol. The van der Waals surface area contributed by atoms with Crippen LogP contribution < -0.4 is 5.43 Å². The Balaban J connectivity index is 2.00. The molecule has 104 valence electrons. The van der Waals surface area contributed by atoms with Crippen LogP contribution in [0, 0.1) is 10.1 Å². The highest BCUT2D eigenvalue weighted by molar-refractivity contribution is 9.10. The molecule has 2 rings (SSSR count). The molecule has 0 aliphatic rings. The summed E-state index contributed by atoms with van der Waals surface area (Å²) in [7, 11) is 0. The highest BCUT2D eigenvalue weighted by atomic mass is 79.9. The van der Waals surface area contributed by atoms with E-state index in [9.17, 15) is 10.1 Å². The van der Waals surface area contributed by atoms with Crippen LogP contribution in [-0.4, -0.2) is 11.1 Å². The van der Waals surface area contributed by atoms with E-state index >= 15 is 0 Å². The Morgan fingerprint density at radius 3 is 2.70 bits per heavy atom. The van der Waals surface area contributed by atoms with Crippen molar-refractivity contribution in [3.63, 3.8) is 0 Å². The summed E-state index contributed by atoms with van der Waals surface area (Å²) in [5.74, 6) is 0. The van der Waals surface area contributed by atoms with Gasteiger partial charge in [-0.15, -0.1) is 11.3 Å². The predicted molar refractivity (Wildman–Crippen MR) is 85.7 cm³/mol. The van der Waals surface area contributed by atoms with Gasteiger partial charge in [0.15, 0.2) is 0 Å². The minimum Gasteiger partial charge on any atom is -0.278 e. The molecule has 1 N–H and O–H groups in total. The number of nitro groups is 1. The molecule has 0 spiro atoms. The number of anilines is 1. The molecule has 0 saturated heterocycles. The van der Waals surface area contributed by atoms with Crippen LogP contribution in [0.4, 0.5) is 11.4 Å². The van der Waals surface area contributed by atoms with Gasteiger partial charge in [-0.3, -0.25) is 15.5 Å². The Morgan fingerprint density at radius 2 is 2.15 bits per heavy atom. The van der Waals surface area contributed by atoms with Gasteiger partial charge in [0.05, 0.1) is 16.8 Å². The average molecular weight is 354 g/mol. The maximum atomic E-state index is 10.5. The van der Waals surface area contributed by atoms with Crippen LogP contribution in [0.15, 0.2) is 39.9 Å². The molecule has 1 aromatic heterocycles. The molecule has 0 amide bonds. The number of thiophene rings is 1. The van der Waals surface area contributed by atoms with Gasteiger partial charge < -0.3 is 0 Å². The molecule has 5 nitrogen and oxygen atoms in total. The van der Waals surface area contributed by atoms with E-state index in [0.29, 0.717) is 5.69 Å². The Kier molecular flexibility index (Phi) is 4.86. The Morgan fingerprint density at radius 1 is 1.45 bits per heavy atom. The lowest BCUT2D eigenvalue weighted by Crippen LogP contribution is -1.91. The summed E-state index contributed by atoms with van der Waals surface area (Å²) >= 11 is 5.18. The van der Waals surface area contributed by atoms with Crippen molar-refractivity contribution in [1.82, 2.24) is 0 Å². The van der Waals surface area contributed by atoms with E-state index in [0.717, 1.165) is 15.8 Å². The Bertz CT molecular complexity index is 638. The molecule has 0 fully saturated rings. The molecule has 0 aliphatic carbocycles. The Hall–Kier alpha value is -1.73. The SMILES string of the molecule is CCc1sc(C=NNc2ccc([N+](=O)[O-])cc2)cc1Br. The topological polar surface area (TPSA) is 67.5 Å². The van der Waals surface area contributed by atoms with Gasteiger partial charge in [0.25, 0.3) is 5.69 Å². The van der Waals surface area contributed by atoms with Gasteiger partial charge in [-0.1, -0.05) is 6.92 Å². The van der Waals surface area contributed by atoms with E-state index < -0.39 is 4.92 Å². The molecule has 0 aliphatic heterocycles. The first kappa shape index (κ1) is 14.7. The van der Waals surface area contributed by atoms with Crippen LogP contribution in [0.1, 0.15) is 16.7 Å². The van der Waals surface area contributed by atoms with Crippen LogP contribution in [0.3, 0.4) is 0 Å². The van der Waals surface area contributed by atoms with Gasteiger partial charge >= 0.3 is 0 Å². The summed E-state index contributed by atoms with van der Waals surface area (Å²) in [6.45, 7) is 2.10. The second kappa shape index (κ2) is 6.62. The third-order valence-corrected chi connectivity index (χ3v) is 4.75. The number of hydrogen-bond acceptors (Lipinski definition) is 5. The van der Waals surface area contributed by atoms with E-state index in [2.05, 4.69) is 33.4 Å². The second-order valence-electron chi connectivity index (χ2n) is 3.95. The maximum absolute atomic E-state index is 10.5. The van der Waals surface area contributed by atoms with E-state index in [1.165, 1.54) is 17.0 Å². The molecule has 0 saturated carbocycles. The van der Waals surface area contributed by atoms with E-state index in [1.807, 2.05) is 6.07 Å². The van der Waals surface area contributed by atoms with Gasteiger partial charge in [0.2, 0.25) is 0 Å². The van der Waals surface area contributed by atoms with Gasteiger partial charge in [0.1, 0.15) is 0 Å². The van der Waals surface area contributed by atoms with E-state index in [4.69, 9.17) is 0 Å². The summed E-state index contributed by atoms with van der Waals surface area (Å²) in [5.41, 5.74) is 3.62. The van der Waals surface area contributed by atoms with Crippen molar-refractivity contribution in [3.05, 3.63) is 54.7 Å². The van der Waals surface area contributed by atoms with Gasteiger partial charge in [-0.25, -0.2) is 0 Å². The molecular formula is C13H12BrN3O2S. The molecular weight excluding hydrogens is 342 g/mol. The number of aryl methyl sites for hydroxylation is 1. The first-order chi connectivity index (χ1) is 9.60. The molecule has 0 radical (unpaired) electrons. The van der Waals surface area contributed by atoms with Crippen LogP contribution in [0.25, 0.3) is 0 Å². The first-order valence-electron chi connectivity index (χ1n) is 5.92. The van der Waals surface area contributed by atoms with Crippen molar-refractivity contribution in [2.75, 3.05) is 5.43 Å². The molecule has 0 atom stereocenters. The third kappa shape index (κ3) is 3.64. The molecule has 1 heterocycles. The summed E-state index contributed by atoms with van der Waals surface area (Å²) < 4.78 is 1.10. The highest BCUT2D eigenvalue weighted by Gasteiger charge is 2.04. The van der Waals surface area contributed by atoms with Crippen LogP contribution in [0.5, 0.6) is 0 Å². The molecule has 20 heavy (non-hydrogen) atoms. The predicted octanol–water partition coefficient (Wildman–Crippen LogP) is 4.43. The second-order valence-corrected chi connectivity index (χ2v) is 5.97. The Labute approximate surface area is 128 Å². The van der Waals surface area contributed by atoms with Gasteiger partial charge in [0, 0.05) is 26.4 Å². The summed E-state index contributed by atoms with van der Waals surface area (Å²) in [6, 6.07) is 8.14. The lowest BCUT2D eigenvalue weighted by Gasteiger charge is -1.98. The third-order valence-electron chi connectivity index (χ3n) is 2.56. The van der Waals surface area contributed by atoms with Crippen LogP contribution in [0.2, 0.25) is 0 Å². The first-order valence-corrected chi connectivity index (χ1v) is 7.53. The molecule has 2 aromatic rings. The number of hydrazone groups is 1. The van der Waals surface area contributed by atoms with Crippen molar-refractivity contribution in [2.24, 2.45) is 5.10 Å². The number of benzene rings is 1. The number of nitrogens with zero attached hydrogens (tertiary/aromatic N) is 2. The minimum absolute atomic E-state index is 0.0642. The van der Waals surface area contributed by atoms with Gasteiger partial charge in [-0.05, 0) is 40.5 Å². The maximum Gasteiger partial charge on any atom is 0.269 e. The van der Waals surface area contributed by atoms with Crippen molar-refractivity contribution >= 4 is 44.9 Å². The normalized spacial score (nSPS) is 10.9. The number of halogens is 1. The number of non-ortho nitro benzene ring substituents is 1. The molecule has 0 unspecified atom stereocenters. The fraction of sp³-hybridized carbons (Fsp3) is 0.154. The molecule has 1 aromatic carbocycles. The van der Waals surface area contributed by atoms with Crippen LogP contribution in [-0.2, 0) is 6.42 Å². The lowest BCUT2D eigenvalue weighted by molar-refractivity contribution is -0.384. The zero-order chi connectivity index (χ0) is 14.5. The average Bonchev–Trinajstić information content (AvgIpc) is 2.79. The summed E-state index contributed by atoms with van der Waals surface area (Å²) in [5, 5.41) is 14.6. The zero-order valence-corrected chi connectivity index (χ0v) is 13.1. The fourth-order valence-electron chi connectivity index (χ4n) is 1.56. The number of hydrogen-bond donors (Lipinski definition) is 1. The highest BCUT2D eigenvalue weighted by Crippen LogP contribution is 2.26. The fourth-order valence-corrected chi connectivity index (χ4v) is 3.35. The largest absolute Gasteiger partial charge is 0.278 e. The minimum atomic E-state index is -0.428. The van der Waals surface area contributed by atoms with Crippen molar-refractivity contribution in [1.29, 1.82) is 0 Å². The van der Waals surface area contributed by atoms with Gasteiger partial charge in [-0.2, -0.15) is 5.10 Å². The van der Waals surface area contributed by atoms with Crippen LogP contribution >= 0.6 is 27.3 Å². The van der Waals surface area contributed by atoms with E-state index in [-0.39, 0.29) is 5.69 Å². The molecule has 7 heteroatoms. The number of rotatable bonds is 5. The summed E-state index contributed by atoms with van der Waals surface area (Å²) in [6.07, 6.45) is 2.71. The lowest BCUT2D eigenvalue weighted by atomic mass is 10.3. The van der Waals surface area contributed by atoms with E-state index in [1.54, 1.807) is 29.7 Å². The molecule has 0 bridgehead atoms. The number of nitrogens with one attached hydrogen (secondary N) is 1. The van der Waals surface area contributed by atoms with Crippen molar-refractivity contribution in [2.45, 2.75) is 13.3 Å². The van der Waals surface area contributed by atoms with Crippen molar-refractivity contribution < 1.29 is 4.92 Å². The quantitative estimate of drug-likeness (QED) is 0.491. The number of nitro benzene ring substituents is 1. The standard InChI is InChI=1S/C13H12BrN3O2S/c1-2-13-12(14)7-11(20-13)8-15-16-9-3-5-10(6-4-9)17(18)19/h3-8,16H,2H2,1H3. The zero-order valence-electron chi connectivity index (χ0n) is 10.7.